The summed E-state index contributed by atoms with van der Waals surface area (Å²) < 4.78 is 2.08. The van der Waals surface area contributed by atoms with Crippen molar-refractivity contribution in [2.45, 2.75) is 0 Å². The van der Waals surface area contributed by atoms with Gasteiger partial charge < -0.3 is 4.57 Å². The number of carbonyl (C=O) groups excluding carboxylic acids is 2. The lowest BCUT2D eigenvalue weighted by Crippen LogP contribution is -2.30. The van der Waals surface area contributed by atoms with Crippen LogP contribution in [0.25, 0.3) is 72.0 Å². The van der Waals surface area contributed by atoms with Crippen molar-refractivity contribution >= 4 is 39.3 Å². The Hall–Kier alpha value is -7.88. The summed E-state index contributed by atoms with van der Waals surface area (Å²) in [7, 11) is 0. The summed E-state index contributed by atoms with van der Waals surface area (Å²) in [4.78, 5) is 36.0. The van der Waals surface area contributed by atoms with Gasteiger partial charge in [-0.05, 0) is 70.3 Å². The average Bonchev–Trinajstić information content (AvgIpc) is 3.73. The van der Waals surface area contributed by atoms with E-state index in [2.05, 4.69) is 58.1 Å². The van der Waals surface area contributed by atoms with Gasteiger partial charge >= 0.3 is 0 Å². The second-order valence-electron chi connectivity index (χ2n) is 13.8. The molecule has 0 N–H and O–H groups in total. The van der Waals surface area contributed by atoms with Gasteiger partial charge in [0.05, 0.1) is 39.1 Å². The minimum atomic E-state index is -0.393. The fourth-order valence-corrected chi connectivity index (χ4v) is 8.07. The third-order valence-corrected chi connectivity index (χ3v) is 10.6. The van der Waals surface area contributed by atoms with Gasteiger partial charge in [-0.3, -0.25) is 14.6 Å². The maximum Gasteiger partial charge on any atom is 0.268 e. The minimum Gasteiger partial charge on any atom is -0.308 e. The highest BCUT2D eigenvalue weighted by molar-refractivity contribution is 6.37. The zero-order valence-corrected chi connectivity index (χ0v) is 29.9. The van der Waals surface area contributed by atoms with Gasteiger partial charge in [-0.2, -0.15) is 5.26 Å². The Bertz CT molecular complexity index is 3010. The van der Waals surface area contributed by atoms with Gasteiger partial charge in [0, 0.05) is 39.9 Å². The predicted octanol–water partition coefficient (Wildman–Crippen LogP) is 11.5. The highest BCUT2D eigenvalue weighted by Crippen LogP contribution is 2.47. The SMILES string of the molecule is N#Cc1cncc(-c2ccc3c4ccccc4n(-c4cccc5c4C(=O)N(c4c(-c6ccccc6)cc(-c6ccccc6)cc4-c4ccccc4)C5=O)c3c2)c1. The number of nitrogens with zero attached hydrogens (tertiary/aromatic N) is 4. The molecular weight excluding hydrogens is 689 g/mol. The summed E-state index contributed by atoms with van der Waals surface area (Å²) in [5, 5.41) is 11.6. The lowest BCUT2D eigenvalue weighted by atomic mass is 9.90. The van der Waals surface area contributed by atoms with Gasteiger partial charge in [-0.15, -0.1) is 0 Å². The Morgan fingerprint density at radius 2 is 1.09 bits per heavy atom. The number of rotatable bonds is 6. The van der Waals surface area contributed by atoms with Crippen molar-refractivity contribution in [1.29, 1.82) is 5.26 Å². The quantitative estimate of drug-likeness (QED) is 0.160. The van der Waals surface area contributed by atoms with Crippen LogP contribution in [0.3, 0.4) is 0 Å². The van der Waals surface area contributed by atoms with Crippen LogP contribution < -0.4 is 4.90 Å². The maximum atomic E-state index is 15.3. The fourth-order valence-electron chi connectivity index (χ4n) is 8.07. The molecule has 0 saturated heterocycles. The number of benzene rings is 7. The molecule has 0 radical (unpaired) electrons. The van der Waals surface area contributed by atoms with Crippen molar-refractivity contribution in [3.05, 3.63) is 199 Å². The van der Waals surface area contributed by atoms with Crippen molar-refractivity contribution in [1.82, 2.24) is 9.55 Å². The smallest absolute Gasteiger partial charge is 0.268 e. The molecule has 9 aromatic rings. The highest BCUT2D eigenvalue weighted by Gasteiger charge is 2.41. The monoisotopic (exact) mass is 718 g/mol. The molecule has 3 heterocycles. The molecule has 1 aliphatic heterocycles. The van der Waals surface area contributed by atoms with E-state index in [4.69, 9.17) is 0 Å². The Kier molecular flexibility index (Phi) is 7.72. The van der Waals surface area contributed by atoms with E-state index in [0.717, 1.165) is 66.3 Å². The van der Waals surface area contributed by atoms with Gasteiger partial charge in [-0.25, -0.2) is 4.90 Å². The minimum absolute atomic E-state index is 0.337. The molecule has 6 heteroatoms. The number of fused-ring (bicyclic) bond motifs is 4. The first kappa shape index (κ1) is 32.7. The molecule has 2 aromatic heterocycles. The largest absolute Gasteiger partial charge is 0.308 e. The maximum absolute atomic E-state index is 15.3. The van der Waals surface area contributed by atoms with Gasteiger partial charge in [0.15, 0.2) is 0 Å². The van der Waals surface area contributed by atoms with Gasteiger partial charge in [0.25, 0.3) is 11.8 Å². The zero-order chi connectivity index (χ0) is 37.8. The van der Waals surface area contributed by atoms with E-state index in [1.54, 1.807) is 18.5 Å². The number of hydrogen-bond acceptors (Lipinski definition) is 4. The van der Waals surface area contributed by atoms with Crippen molar-refractivity contribution in [3.63, 3.8) is 0 Å². The molecular formula is C50H30N4O2. The predicted molar refractivity (Wildman–Crippen MR) is 223 cm³/mol. The van der Waals surface area contributed by atoms with E-state index in [9.17, 15) is 10.1 Å². The van der Waals surface area contributed by atoms with Crippen LogP contribution in [0.4, 0.5) is 5.69 Å². The molecule has 2 amide bonds. The number of hydrogen-bond donors (Lipinski definition) is 0. The van der Waals surface area contributed by atoms with Crippen molar-refractivity contribution in [3.8, 4) is 56.3 Å². The first-order chi connectivity index (χ1) is 27.6. The fraction of sp³-hybridized carbons (Fsp3) is 0. The van der Waals surface area contributed by atoms with Crippen LogP contribution >= 0.6 is 0 Å². The Morgan fingerprint density at radius 1 is 0.464 bits per heavy atom. The molecule has 0 aliphatic carbocycles. The van der Waals surface area contributed by atoms with E-state index in [0.29, 0.717) is 28.1 Å². The number of amides is 2. The third kappa shape index (κ3) is 5.22. The number of pyridine rings is 1. The van der Waals surface area contributed by atoms with Crippen LogP contribution in [0.15, 0.2) is 182 Å². The number of aromatic nitrogens is 2. The molecule has 0 bridgehead atoms. The van der Waals surface area contributed by atoms with E-state index in [1.807, 2.05) is 121 Å². The van der Waals surface area contributed by atoms with Crippen LogP contribution in [-0.2, 0) is 0 Å². The Balaban J connectivity index is 1.22. The van der Waals surface area contributed by atoms with Crippen molar-refractivity contribution in [2.75, 3.05) is 4.90 Å². The van der Waals surface area contributed by atoms with Gasteiger partial charge in [0.1, 0.15) is 6.07 Å². The molecule has 0 unspecified atom stereocenters. The first-order valence-electron chi connectivity index (χ1n) is 18.3. The number of imide groups is 1. The average molecular weight is 719 g/mol. The molecule has 6 nitrogen and oxygen atoms in total. The van der Waals surface area contributed by atoms with Crippen LogP contribution in [0.5, 0.6) is 0 Å². The molecule has 0 saturated carbocycles. The second kappa shape index (κ2) is 13.2. The van der Waals surface area contributed by atoms with Crippen molar-refractivity contribution < 1.29 is 9.59 Å². The summed E-state index contributed by atoms with van der Waals surface area (Å²) in [5.41, 5.74) is 11.1. The number of carbonyl (C=O) groups is 2. The molecule has 262 valence electrons. The summed E-state index contributed by atoms with van der Waals surface area (Å²) >= 11 is 0. The summed E-state index contributed by atoms with van der Waals surface area (Å²) in [6, 6.07) is 58.0. The molecule has 0 spiro atoms. The molecule has 7 aromatic carbocycles. The van der Waals surface area contributed by atoms with E-state index >= 15 is 4.79 Å². The van der Waals surface area contributed by atoms with E-state index in [1.165, 1.54) is 4.90 Å². The molecule has 1 aliphatic rings. The Labute approximate surface area is 322 Å². The van der Waals surface area contributed by atoms with Crippen LogP contribution in [0.1, 0.15) is 26.3 Å². The number of para-hydroxylation sites is 1. The van der Waals surface area contributed by atoms with E-state index in [-0.39, 0.29) is 5.91 Å². The lowest BCUT2D eigenvalue weighted by Gasteiger charge is -2.24. The number of anilines is 1. The lowest BCUT2D eigenvalue weighted by molar-refractivity contribution is 0.0926. The summed E-state index contributed by atoms with van der Waals surface area (Å²) in [6.07, 6.45) is 3.29. The molecule has 0 fully saturated rings. The van der Waals surface area contributed by atoms with Gasteiger partial charge in [-0.1, -0.05) is 127 Å². The van der Waals surface area contributed by atoms with Gasteiger partial charge in [0.2, 0.25) is 0 Å². The summed E-state index contributed by atoms with van der Waals surface area (Å²) in [5.74, 6) is -0.773. The standard InChI is InChI=1S/C50H30N4O2/c51-29-32-25-38(31-52-30-32)36-23-24-40-39-19-10-11-21-44(39)53(46(40)28-36)45-22-12-20-41-47(45)50(56)54(49(41)55)48-42(34-15-6-2-7-16-34)26-37(33-13-4-1-5-14-33)27-43(48)35-17-8-3-9-18-35/h1-28,30-31H. The first-order valence-corrected chi connectivity index (χ1v) is 18.3. The normalized spacial score (nSPS) is 12.3. The molecule has 0 atom stereocenters. The van der Waals surface area contributed by atoms with E-state index < -0.39 is 5.91 Å². The Morgan fingerprint density at radius 3 is 1.77 bits per heavy atom. The zero-order valence-electron chi connectivity index (χ0n) is 29.9. The third-order valence-electron chi connectivity index (χ3n) is 10.6. The topological polar surface area (TPSA) is 79.0 Å². The second-order valence-corrected chi connectivity index (χ2v) is 13.8. The molecule has 10 rings (SSSR count). The van der Waals surface area contributed by atoms with Crippen LogP contribution in [-0.4, -0.2) is 21.4 Å². The molecule has 56 heavy (non-hydrogen) atoms. The number of nitriles is 1. The summed E-state index contributed by atoms with van der Waals surface area (Å²) in [6.45, 7) is 0. The highest BCUT2D eigenvalue weighted by atomic mass is 16.2. The van der Waals surface area contributed by atoms with Crippen LogP contribution in [0.2, 0.25) is 0 Å². The van der Waals surface area contributed by atoms with Crippen molar-refractivity contribution in [2.24, 2.45) is 0 Å². The van der Waals surface area contributed by atoms with Crippen LogP contribution in [0, 0.1) is 11.3 Å².